The van der Waals surface area contributed by atoms with Gasteiger partial charge in [-0.2, -0.15) is 0 Å². The molecule has 7 aromatic carbocycles. The summed E-state index contributed by atoms with van der Waals surface area (Å²) in [4.78, 5) is 15.6. The van der Waals surface area contributed by atoms with Gasteiger partial charge in [0.2, 0.25) is 0 Å². The molecule has 0 fully saturated rings. The van der Waals surface area contributed by atoms with E-state index in [0.717, 1.165) is 82.9 Å². The maximum atomic E-state index is 6.57. The number of fused-ring (bicyclic) bond motifs is 10. The van der Waals surface area contributed by atoms with Crippen LogP contribution in [0.2, 0.25) is 0 Å². The highest BCUT2D eigenvalue weighted by atomic mass is 16.3. The summed E-state index contributed by atoms with van der Waals surface area (Å²) in [5.41, 5.74) is 14.7. The minimum absolute atomic E-state index is 0.0628. The van der Waals surface area contributed by atoms with Gasteiger partial charge >= 0.3 is 0 Å². The third-order valence-electron chi connectivity index (χ3n) is 11.3. The van der Waals surface area contributed by atoms with Crippen LogP contribution in [-0.4, -0.2) is 15.0 Å². The predicted octanol–water partition coefficient (Wildman–Crippen LogP) is 13.1. The van der Waals surface area contributed by atoms with Gasteiger partial charge in [0, 0.05) is 54.6 Å². The third-order valence-corrected chi connectivity index (χ3v) is 11.3. The van der Waals surface area contributed by atoms with Gasteiger partial charge in [0.15, 0.2) is 5.82 Å². The Bertz CT molecular complexity index is 3120. The topological polar surface area (TPSA) is 51.8 Å². The maximum absolute atomic E-state index is 6.57. The van der Waals surface area contributed by atoms with Crippen LogP contribution in [0.15, 0.2) is 168 Å². The van der Waals surface area contributed by atoms with Crippen LogP contribution in [0.3, 0.4) is 0 Å². The molecule has 0 saturated carbocycles. The average molecular weight is 692 g/mol. The van der Waals surface area contributed by atoms with E-state index in [1.54, 1.807) is 0 Å². The highest BCUT2D eigenvalue weighted by molar-refractivity contribution is 6.28. The number of benzene rings is 7. The molecule has 10 aromatic rings. The smallest absolute Gasteiger partial charge is 0.160 e. The lowest BCUT2D eigenvalue weighted by atomic mass is 9.82. The molecular weight excluding hydrogens is 659 g/mol. The van der Waals surface area contributed by atoms with Crippen molar-refractivity contribution in [2.45, 2.75) is 19.3 Å². The molecule has 0 radical (unpaired) electrons. The summed E-state index contributed by atoms with van der Waals surface area (Å²) in [6.07, 6.45) is 0. The monoisotopic (exact) mass is 691 g/mol. The first kappa shape index (κ1) is 30.7. The van der Waals surface area contributed by atoms with Crippen molar-refractivity contribution in [2.24, 2.45) is 0 Å². The minimum atomic E-state index is -0.0628. The van der Waals surface area contributed by atoms with Gasteiger partial charge in [0.1, 0.15) is 11.2 Å². The summed E-state index contributed by atoms with van der Waals surface area (Å²) in [6.45, 7) is 4.63. The van der Waals surface area contributed by atoms with Gasteiger partial charge in [-0.05, 0) is 70.8 Å². The normalized spacial score (nSPS) is 13.1. The molecule has 0 saturated heterocycles. The molecule has 0 unspecified atom stereocenters. The maximum Gasteiger partial charge on any atom is 0.160 e. The first-order valence-corrected chi connectivity index (χ1v) is 18.4. The number of furan rings is 1. The molecule has 0 N–H and O–H groups in total. The Hall–Kier alpha value is -6.91. The standard InChI is InChI=1S/C50H33N3O/c1-50(2)39-19-11-9-17-34(39)37-27-32(21-24-40(37)50)42-29-43(53-49(52-42)31-15-7-4-8-16-31)33-22-25-44-38(28-33)47-45(54-44)26-23-36-46(47)35-18-10-12-20-41(35)51-48(36)30-13-5-3-6-14-30/h3-29H,1-2H3. The molecular formula is C50H33N3O. The van der Waals surface area contributed by atoms with Crippen molar-refractivity contribution in [1.29, 1.82) is 0 Å². The number of hydrogen-bond donors (Lipinski definition) is 0. The Kier molecular flexibility index (Phi) is 6.56. The molecule has 3 aromatic heterocycles. The number of nitrogens with zero attached hydrogens (tertiary/aromatic N) is 3. The lowest BCUT2D eigenvalue weighted by Gasteiger charge is -2.21. The number of para-hydroxylation sites is 1. The van der Waals surface area contributed by atoms with Gasteiger partial charge in [0.05, 0.1) is 22.6 Å². The molecule has 0 atom stereocenters. The molecule has 0 amide bonds. The van der Waals surface area contributed by atoms with Gasteiger partial charge in [-0.3, -0.25) is 0 Å². The Morgan fingerprint density at radius 3 is 1.89 bits per heavy atom. The van der Waals surface area contributed by atoms with E-state index in [1.807, 2.05) is 24.3 Å². The Balaban J connectivity index is 1.15. The van der Waals surface area contributed by atoms with Crippen molar-refractivity contribution in [3.8, 4) is 56.3 Å². The van der Waals surface area contributed by atoms with E-state index in [9.17, 15) is 0 Å². The molecule has 54 heavy (non-hydrogen) atoms. The van der Waals surface area contributed by atoms with Crippen molar-refractivity contribution >= 4 is 43.6 Å². The van der Waals surface area contributed by atoms with E-state index in [1.165, 1.54) is 22.3 Å². The third kappa shape index (κ3) is 4.60. The summed E-state index contributed by atoms with van der Waals surface area (Å²) in [5, 5.41) is 5.46. The molecule has 11 rings (SSSR count). The molecule has 1 aliphatic carbocycles. The van der Waals surface area contributed by atoms with Gasteiger partial charge < -0.3 is 4.42 Å². The van der Waals surface area contributed by atoms with Crippen molar-refractivity contribution in [1.82, 2.24) is 15.0 Å². The van der Waals surface area contributed by atoms with Crippen molar-refractivity contribution in [3.05, 3.63) is 175 Å². The van der Waals surface area contributed by atoms with Crippen LogP contribution >= 0.6 is 0 Å². The summed E-state index contributed by atoms with van der Waals surface area (Å²) in [5.74, 6) is 0.691. The van der Waals surface area contributed by atoms with Gasteiger partial charge in [-0.1, -0.05) is 129 Å². The molecule has 4 heteroatoms. The molecule has 254 valence electrons. The zero-order valence-corrected chi connectivity index (χ0v) is 29.8. The zero-order chi connectivity index (χ0) is 36.0. The molecule has 0 aliphatic heterocycles. The fourth-order valence-electron chi connectivity index (χ4n) is 8.62. The molecule has 0 spiro atoms. The summed E-state index contributed by atoms with van der Waals surface area (Å²) < 4.78 is 6.57. The molecule has 3 heterocycles. The van der Waals surface area contributed by atoms with Gasteiger partial charge in [-0.15, -0.1) is 0 Å². The number of aromatic nitrogens is 3. The summed E-state index contributed by atoms with van der Waals surface area (Å²) in [7, 11) is 0. The SMILES string of the molecule is CC1(C)c2ccccc2-c2cc(-c3cc(-c4ccc5oc6ccc7c(-c8ccccc8)nc8ccccc8c7c6c5c4)nc(-c4ccccc4)n3)ccc21. The lowest BCUT2D eigenvalue weighted by molar-refractivity contribution is 0.660. The second-order valence-corrected chi connectivity index (χ2v) is 14.8. The summed E-state index contributed by atoms with van der Waals surface area (Å²) >= 11 is 0. The largest absolute Gasteiger partial charge is 0.456 e. The fraction of sp³-hybridized carbons (Fsp3) is 0.0600. The number of hydrogen-bond acceptors (Lipinski definition) is 4. The van der Waals surface area contributed by atoms with Crippen LogP contribution in [0.5, 0.6) is 0 Å². The van der Waals surface area contributed by atoms with Crippen LogP contribution in [0.4, 0.5) is 0 Å². The minimum Gasteiger partial charge on any atom is -0.456 e. The quantitative estimate of drug-likeness (QED) is 0.172. The molecule has 1 aliphatic rings. The summed E-state index contributed by atoms with van der Waals surface area (Å²) in [6, 6.07) is 57.5. The first-order chi connectivity index (χ1) is 26.5. The highest BCUT2D eigenvalue weighted by Crippen LogP contribution is 2.49. The van der Waals surface area contributed by atoms with Crippen LogP contribution in [0.25, 0.3) is 99.9 Å². The van der Waals surface area contributed by atoms with E-state index in [2.05, 4.69) is 153 Å². The van der Waals surface area contributed by atoms with Crippen LogP contribution < -0.4 is 0 Å². The van der Waals surface area contributed by atoms with Crippen molar-refractivity contribution in [3.63, 3.8) is 0 Å². The Morgan fingerprint density at radius 2 is 1.07 bits per heavy atom. The van der Waals surface area contributed by atoms with Gasteiger partial charge in [0.25, 0.3) is 0 Å². The first-order valence-electron chi connectivity index (χ1n) is 18.4. The Labute approximate surface area is 312 Å². The lowest BCUT2D eigenvalue weighted by Crippen LogP contribution is -2.14. The van der Waals surface area contributed by atoms with Crippen LogP contribution in [0.1, 0.15) is 25.0 Å². The Morgan fingerprint density at radius 1 is 0.426 bits per heavy atom. The number of pyridine rings is 1. The average Bonchev–Trinajstić information content (AvgIpc) is 3.72. The van der Waals surface area contributed by atoms with E-state index in [4.69, 9.17) is 19.4 Å². The van der Waals surface area contributed by atoms with E-state index in [0.29, 0.717) is 5.82 Å². The molecule has 0 bridgehead atoms. The predicted molar refractivity (Wildman–Crippen MR) is 221 cm³/mol. The van der Waals surface area contributed by atoms with E-state index >= 15 is 0 Å². The van der Waals surface area contributed by atoms with Crippen LogP contribution in [-0.2, 0) is 5.41 Å². The van der Waals surface area contributed by atoms with E-state index in [-0.39, 0.29) is 5.41 Å². The zero-order valence-electron chi connectivity index (χ0n) is 29.8. The fourth-order valence-corrected chi connectivity index (χ4v) is 8.62. The second-order valence-electron chi connectivity index (χ2n) is 14.8. The highest BCUT2D eigenvalue weighted by Gasteiger charge is 2.35. The molecule has 4 nitrogen and oxygen atoms in total. The second kappa shape index (κ2) is 11.5. The number of rotatable bonds is 4. The van der Waals surface area contributed by atoms with Crippen LogP contribution in [0, 0.1) is 0 Å². The van der Waals surface area contributed by atoms with Gasteiger partial charge in [-0.25, -0.2) is 15.0 Å². The van der Waals surface area contributed by atoms with Crippen molar-refractivity contribution in [2.75, 3.05) is 0 Å². The van der Waals surface area contributed by atoms with Crippen molar-refractivity contribution < 1.29 is 4.42 Å². The van der Waals surface area contributed by atoms with E-state index < -0.39 is 0 Å².